The molecule has 9 nitrogen and oxygen atoms in total. The minimum Gasteiger partial charge on any atom is -0.385 e. The fourth-order valence-electron chi connectivity index (χ4n) is 3.79. The summed E-state index contributed by atoms with van der Waals surface area (Å²) in [5.41, 5.74) is 7.56. The summed E-state index contributed by atoms with van der Waals surface area (Å²) in [6, 6.07) is 0.0761. The first-order valence-electron chi connectivity index (χ1n) is 10.2. The van der Waals surface area contributed by atoms with E-state index in [0.29, 0.717) is 49.8 Å². The molecule has 0 aliphatic carbocycles. The first kappa shape index (κ1) is 21.3. The highest BCUT2D eigenvalue weighted by Crippen LogP contribution is 2.23. The first-order chi connectivity index (χ1) is 13.8. The lowest BCUT2D eigenvalue weighted by Crippen LogP contribution is -2.44. The molecule has 0 radical (unpaired) electrons. The van der Waals surface area contributed by atoms with Gasteiger partial charge < -0.3 is 19.9 Å². The van der Waals surface area contributed by atoms with Crippen molar-refractivity contribution in [3.8, 4) is 0 Å². The summed E-state index contributed by atoms with van der Waals surface area (Å²) in [5.74, 6) is 0.704. The third-order valence-electron chi connectivity index (χ3n) is 5.36. The van der Waals surface area contributed by atoms with Gasteiger partial charge in [0.25, 0.3) is 5.56 Å². The number of piperidine rings is 1. The third-order valence-corrected chi connectivity index (χ3v) is 5.36. The fourth-order valence-corrected chi connectivity index (χ4v) is 3.79. The quantitative estimate of drug-likeness (QED) is 0.542. The Bertz CT molecular complexity index is 1010. The molecule has 160 valence electrons. The fraction of sp³-hybridized carbons (Fsp3) is 0.650. The van der Waals surface area contributed by atoms with Crippen LogP contribution >= 0.6 is 0 Å². The summed E-state index contributed by atoms with van der Waals surface area (Å²) in [5, 5.41) is 0. The van der Waals surface area contributed by atoms with Gasteiger partial charge in [0.05, 0.1) is 0 Å². The summed E-state index contributed by atoms with van der Waals surface area (Å²) < 4.78 is 9.81. The zero-order valence-corrected chi connectivity index (χ0v) is 17.8. The van der Waals surface area contributed by atoms with Gasteiger partial charge in [-0.3, -0.25) is 13.9 Å². The summed E-state index contributed by atoms with van der Waals surface area (Å²) in [4.78, 5) is 32.8. The van der Waals surface area contributed by atoms with Crippen LogP contribution in [0.15, 0.2) is 21.2 Å². The van der Waals surface area contributed by atoms with Crippen LogP contribution in [0.5, 0.6) is 0 Å². The summed E-state index contributed by atoms with van der Waals surface area (Å²) in [6.45, 7) is 7.06. The van der Waals surface area contributed by atoms with E-state index in [9.17, 15) is 9.59 Å². The van der Waals surface area contributed by atoms with E-state index in [4.69, 9.17) is 15.5 Å². The SMILES string of the molecule is COCCCn1c(=O)n(C)c(=O)c2c1nc(N1CCCC(N)C1)n2CC=C(C)C. The number of anilines is 1. The monoisotopic (exact) mass is 404 g/mol. The standard InChI is InChI=1S/C20H32N6O3/c1-14(2)8-11-25-16-17(22-19(25)24-9-5-7-15(21)13-24)26(10-6-12-29-4)20(28)23(3)18(16)27/h8,15H,5-7,9-13,21H2,1-4H3. The molecule has 3 rings (SSSR count). The number of allylic oxidation sites excluding steroid dienone is 2. The molecule has 1 aliphatic heterocycles. The largest absolute Gasteiger partial charge is 0.385 e. The Morgan fingerprint density at radius 2 is 2.07 bits per heavy atom. The van der Waals surface area contributed by atoms with Crippen molar-refractivity contribution in [2.45, 2.75) is 52.2 Å². The second kappa shape index (κ2) is 8.96. The smallest absolute Gasteiger partial charge is 0.332 e. The predicted molar refractivity (Wildman–Crippen MR) is 115 cm³/mol. The second-order valence-corrected chi connectivity index (χ2v) is 7.97. The molecular formula is C20H32N6O3. The average Bonchev–Trinajstić information content (AvgIpc) is 3.06. The molecule has 9 heteroatoms. The van der Waals surface area contributed by atoms with Gasteiger partial charge in [-0.2, -0.15) is 4.98 Å². The average molecular weight is 405 g/mol. The molecule has 2 aromatic rings. The van der Waals surface area contributed by atoms with Gasteiger partial charge in [-0.05, 0) is 33.1 Å². The molecular weight excluding hydrogens is 372 g/mol. The normalized spacial score (nSPS) is 17.1. The van der Waals surface area contributed by atoms with Crippen molar-refractivity contribution in [1.29, 1.82) is 0 Å². The van der Waals surface area contributed by atoms with Crippen LogP contribution in [0.4, 0.5) is 5.95 Å². The van der Waals surface area contributed by atoms with Crippen molar-refractivity contribution in [3.63, 3.8) is 0 Å². The van der Waals surface area contributed by atoms with E-state index in [1.165, 1.54) is 11.6 Å². The van der Waals surface area contributed by atoms with Gasteiger partial charge in [-0.15, -0.1) is 0 Å². The molecule has 1 atom stereocenters. The Balaban J connectivity index is 2.23. The Morgan fingerprint density at radius 1 is 1.31 bits per heavy atom. The number of hydrogen-bond acceptors (Lipinski definition) is 6. The Morgan fingerprint density at radius 3 is 2.72 bits per heavy atom. The minimum atomic E-state index is -0.354. The van der Waals surface area contributed by atoms with E-state index in [0.717, 1.165) is 25.0 Å². The molecule has 2 N–H and O–H groups in total. The van der Waals surface area contributed by atoms with Crippen LogP contribution in [0.3, 0.4) is 0 Å². The maximum absolute atomic E-state index is 13.1. The lowest BCUT2D eigenvalue weighted by molar-refractivity contribution is 0.190. The van der Waals surface area contributed by atoms with Crippen LogP contribution in [0.1, 0.15) is 33.1 Å². The zero-order chi connectivity index (χ0) is 21.1. The molecule has 3 heterocycles. The molecule has 1 saturated heterocycles. The number of aromatic nitrogens is 4. The van der Waals surface area contributed by atoms with E-state index in [2.05, 4.69) is 11.0 Å². The molecule has 0 saturated carbocycles. The predicted octanol–water partition coefficient (Wildman–Crippen LogP) is 0.827. The van der Waals surface area contributed by atoms with Crippen LogP contribution in [-0.4, -0.2) is 51.5 Å². The third kappa shape index (κ3) is 4.30. The van der Waals surface area contributed by atoms with E-state index >= 15 is 0 Å². The number of aryl methyl sites for hydroxylation is 1. The highest BCUT2D eigenvalue weighted by Gasteiger charge is 2.26. The number of rotatable bonds is 7. The topological polar surface area (TPSA) is 100 Å². The van der Waals surface area contributed by atoms with Crippen LogP contribution < -0.4 is 21.9 Å². The highest BCUT2D eigenvalue weighted by atomic mass is 16.5. The van der Waals surface area contributed by atoms with Crippen LogP contribution in [0.25, 0.3) is 11.2 Å². The highest BCUT2D eigenvalue weighted by molar-refractivity contribution is 5.75. The van der Waals surface area contributed by atoms with Crippen molar-refractivity contribution in [2.75, 3.05) is 31.7 Å². The van der Waals surface area contributed by atoms with Gasteiger partial charge in [0.1, 0.15) is 0 Å². The van der Waals surface area contributed by atoms with Crippen LogP contribution in [-0.2, 0) is 24.9 Å². The van der Waals surface area contributed by atoms with Crippen LogP contribution in [0.2, 0.25) is 0 Å². The second-order valence-electron chi connectivity index (χ2n) is 7.97. The van der Waals surface area contributed by atoms with Gasteiger partial charge in [0.15, 0.2) is 11.2 Å². The van der Waals surface area contributed by atoms with Crippen molar-refractivity contribution >= 4 is 17.1 Å². The van der Waals surface area contributed by atoms with E-state index in [-0.39, 0.29) is 17.3 Å². The number of nitrogens with zero attached hydrogens (tertiary/aromatic N) is 5. The molecule has 29 heavy (non-hydrogen) atoms. The van der Waals surface area contributed by atoms with Gasteiger partial charge in [-0.25, -0.2) is 4.79 Å². The maximum Gasteiger partial charge on any atom is 0.332 e. The van der Waals surface area contributed by atoms with Crippen molar-refractivity contribution in [2.24, 2.45) is 12.8 Å². The zero-order valence-electron chi connectivity index (χ0n) is 17.8. The number of hydrogen-bond donors (Lipinski definition) is 1. The van der Waals surface area contributed by atoms with Crippen molar-refractivity contribution in [3.05, 3.63) is 32.5 Å². The minimum absolute atomic E-state index is 0.0761. The van der Waals surface area contributed by atoms with Crippen molar-refractivity contribution < 1.29 is 4.74 Å². The Labute approximate surface area is 170 Å². The number of fused-ring (bicyclic) bond motifs is 1. The summed E-state index contributed by atoms with van der Waals surface area (Å²) >= 11 is 0. The molecule has 0 bridgehead atoms. The van der Waals surface area contributed by atoms with E-state index in [1.807, 2.05) is 18.4 Å². The molecule has 1 fully saturated rings. The van der Waals surface area contributed by atoms with Gasteiger partial charge in [0, 0.05) is 53.0 Å². The van der Waals surface area contributed by atoms with Gasteiger partial charge in [-0.1, -0.05) is 11.6 Å². The summed E-state index contributed by atoms with van der Waals surface area (Å²) in [6.07, 6.45) is 4.68. The molecule has 2 aromatic heterocycles. The maximum atomic E-state index is 13.1. The Hall–Kier alpha value is -2.39. The molecule has 0 aromatic carbocycles. The Kier molecular flexibility index (Phi) is 6.59. The number of imidazole rings is 1. The molecule has 1 aliphatic rings. The molecule has 1 unspecified atom stereocenters. The van der Waals surface area contributed by atoms with Gasteiger partial charge in [0.2, 0.25) is 5.95 Å². The van der Waals surface area contributed by atoms with E-state index in [1.54, 1.807) is 11.7 Å². The van der Waals surface area contributed by atoms with Crippen LogP contribution in [0, 0.1) is 0 Å². The summed E-state index contributed by atoms with van der Waals surface area (Å²) in [7, 11) is 3.15. The lowest BCUT2D eigenvalue weighted by atomic mass is 10.1. The molecule has 0 amide bonds. The first-order valence-corrected chi connectivity index (χ1v) is 10.2. The van der Waals surface area contributed by atoms with Crippen molar-refractivity contribution in [1.82, 2.24) is 18.7 Å². The van der Waals surface area contributed by atoms with E-state index < -0.39 is 0 Å². The molecule has 0 spiro atoms. The number of nitrogens with two attached hydrogens (primary N) is 1. The number of methoxy groups -OCH3 is 1. The number of ether oxygens (including phenoxy) is 1. The van der Waals surface area contributed by atoms with Gasteiger partial charge >= 0.3 is 5.69 Å². The lowest BCUT2D eigenvalue weighted by Gasteiger charge is -2.31.